The minimum Gasteiger partial charge on any atom is -0.480 e. The Morgan fingerprint density at radius 1 is 0.792 bits per heavy atom. The molecule has 4 heteroatoms. The lowest BCUT2D eigenvalue weighted by Crippen LogP contribution is -2.44. The number of hydrogen-bond donors (Lipinski definition) is 2. The third-order valence-corrected chi connectivity index (χ3v) is 4.51. The Hall–Kier alpha value is -1.06. The quantitative estimate of drug-likeness (QED) is 0.374. The van der Waals surface area contributed by atoms with Crippen LogP contribution in [0.4, 0.5) is 0 Å². The van der Waals surface area contributed by atoms with Crippen LogP contribution >= 0.6 is 0 Å². The van der Waals surface area contributed by atoms with Crippen molar-refractivity contribution < 1.29 is 14.7 Å². The van der Waals surface area contributed by atoms with E-state index in [-0.39, 0.29) is 11.8 Å². The smallest absolute Gasteiger partial charge is 0.326 e. The Labute approximate surface area is 148 Å². The first-order valence-electron chi connectivity index (χ1n) is 10.0. The number of carbonyl (C=O) groups excluding carboxylic acids is 1. The number of carbonyl (C=O) groups is 2. The summed E-state index contributed by atoms with van der Waals surface area (Å²) in [7, 11) is 0. The molecule has 0 spiro atoms. The third kappa shape index (κ3) is 13.4. The van der Waals surface area contributed by atoms with Crippen molar-refractivity contribution >= 4 is 11.9 Å². The predicted molar refractivity (Wildman–Crippen MR) is 100 cm³/mol. The number of carboxylic acids is 1. The number of aliphatic carboxylic acids is 1. The van der Waals surface area contributed by atoms with Crippen molar-refractivity contribution in [3.05, 3.63) is 0 Å². The molecular formula is C20H39NO3. The van der Waals surface area contributed by atoms with Crippen molar-refractivity contribution in [1.29, 1.82) is 0 Å². The Morgan fingerprint density at radius 2 is 1.21 bits per heavy atom. The lowest BCUT2D eigenvalue weighted by atomic mass is 10.0. The van der Waals surface area contributed by atoms with Gasteiger partial charge in [-0.05, 0) is 12.3 Å². The van der Waals surface area contributed by atoms with Gasteiger partial charge in [0.15, 0.2) is 0 Å². The number of hydrogen-bond acceptors (Lipinski definition) is 2. The molecular weight excluding hydrogens is 302 g/mol. The molecule has 0 aromatic rings. The van der Waals surface area contributed by atoms with Gasteiger partial charge < -0.3 is 10.4 Å². The zero-order valence-electron chi connectivity index (χ0n) is 16.1. The molecule has 0 saturated heterocycles. The SMILES string of the molecule is CCCCCCCCCCCCCCC(=O)N[C@H](C(=O)O)C(C)C. The molecule has 24 heavy (non-hydrogen) atoms. The first kappa shape index (κ1) is 22.9. The molecule has 4 nitrogen and oxygen atoms in total. The maximum Gasteiger partial charge on any atom is 0.326 e. The molecule has 0 aromatic heterocycles. The van der Waals surface area contributed by atoms with E-state index in [0.29, 0.717) is 6.42 Å². The molecule has 0 heterocycles. The van der Waals surface area contributed by atoms with Crippen LogP contribution in [0.5, 0.6) is 0 Å². The number of rotatable bonds is 16. The van der Waals surface area contributed by atoms with Gasteiger partial charge in [-0.25, -0.2) is 4.79 Å². The second-order valence-electron chi connectivity index (χ2n) is 7.27. The van der Waals surface area contributed by atoms with Gasteiger partial charge in [0.25, 0.3) is 0 Å². The maximum atomic E-state index is 11.8. The monoisotopic (exact) mass is 341 g/mol. The Kier molecular flexibility index (Phi) is 14.8. The van der Waals surface area contributed by atoms with Gasteiger partial charge in [-0.15, -0.1) is 0 Å². The molecule has 0 radical (unpaired) electrons. The van der Waals surface area contributed by atoms with Gasteiger partial charge in [-0.3, -0.25) is 4.79 Å². The minimum absolute atomic E-state index is 0.0894. The molecule has 2 N–H and O–H groups in total. The molecule has 0 fully saturated rings. The van der Waals surface area contributed by atoms with Crippen LogP contribution < -0.4 is 5.32 Å². The summed E-state index contributed by atoms with van der Waals surface area (Å²) in [6, 6.07) is -0.769. The van der Waals surface area contributed by atoms with Crippen molar-refractivity contribution in [2.75, 3.05) is 0 Å². The summed E-state index contributed by atoms with van der Waals surface area (Å²) < 4.78 is 0. The summed E-state index contributed by atoms with van der Waals surface area (Å²) in [5.74, 6) is -1.18. The van der Waals surface area contributed by atoms with E-state index in [9.17, 15) is 9.59 Å². The summed E-state index contributed by atoms with van der Waals surface area (Å²) in [4.78, 5) is 22.8. The lowest BCUT2D eigenvalue weighted by molar-refractivity contribution is -0.143. The molecule has 0 aromatic carbocycles. The van der Waals surface area contributed by atoms with E-state index in [0.717, 1.165) is 12.8 Å². The van der Waals surface area contributed by atoms with Crippen LogP contribution in [0.1, 0.15) is 104 Å². The van der Waals surface area contributed by atoms with Gasteiger partial charge in [-0.1, -0.05) is 91.4 Å². The van der Waals surface area contributed by atoms with Gasteiger partial charge in [0, 0.05) is 6.42 Å². The van der Waals surface area contributed by atoms with Crippen molar-refractivity contribution in [2.24, 2.45) is 5.92 Å². The highest BCUT2D eigenvalue weighted by Crippen LogP contribution is 2.12. The average Bonchev–Trinajstić information content (AvgIpc) is 2.53. The summed E-state index contributed by atoms with van der Waals surface area (Å²) in [5.41, 5.74) is 0. The molecule has 1 amide bonds. The first-order chi connectivity index (χ1) is 11.5. The molecule has 0 aliphatic carbocycles. The van der Waals surface area contributed by atoms with E-state index in [2.05, 4.69) is 12.2 Å². The number of nitrogens with one attached hydrogen (secondary N) is 1. The Balaban J connectivity index is 3.43. The van der Waals surface area contributed by atoms with Crippen molar-refractivity contribution in [3.63, 3.8) is 0 Å². The van der Waals surface area contributed by atoms with Crippen LogP contribution in [0.3, 0.4) is 0 Å². The maximum absolute atomic E-state index is 11.8. The van der Waals surface area contributed by atoms with E-state index in [1.165, 1.54) is 64.2 Å². The predicted octanol–water partition coefficient (Wildman–Crippen LogP) is 5.30. The molecule has 0 aliphatic heterocycles. The molecule has 0 unspecified atom stereocenters. The lowest BCUT2D eigenvalue weighted by Gasteiger charge is -2.17. The highest BCUT2D eigenvalue weighted by atomic mass is 16.4. The summed E-state index contributed by atoms with van der Waals surface area (Å²) >= 11 is 0. The minimum atomic E-state index is -0.951. The largest absolute Gasteiger partial charge is 0.480 e. The van der Waals surface area contributed by atoms with E-state index < -0.39 is 12.0 Å². The molecule has 1 atom stereocenters. The number of unbranched alkanes of at least 4 members (excludes halogenated alkanes) is 11. The van der Waals surface area contributed by atoms with Crippen LogP contribution in [0.2, 0.25) is 0 Å². The van der Waals surface area contributed by atoms with E-state index in [1.54, 1.807) is 0 Å². The highest BCUT2D eigenvalue weighted by molar-refractivity contribution is 5.83. The zero-order chi connectivity index (χ0) is 18.2. The standard InChI is InChI=1S/C20H39NO3/c1-4-5-6-7-8-9-10-11-12-13-14-15-16-18(22)21-19(17(2)3)20(23)24/h17,19H,4-16H2,1-3H3,(H,21,22)(H,23,24)/t19-/m0/s1. The van der Waals surface area contributed by atoms with E-state index in [4.69, 9.17) is 5.11 Å². The Bertz CT molecular complexity index is 329. The second kappa shape index (κ2) is 15.5. The summed E-state index contributed by atoms with van der Waals surface area (Å²) in [6.45, 7) is 5.87. The fourth-order valence-electron chi connectivity index (χ4n) is 2.89. The van der Waals surface area contributed by atoms with Crippen LogP contribution in [-0.2, 0) is 9.59 Å². The summed E-state index contributed by atoms with van der Waals surface area (Å²) in [6.07, 6.45) is 15.6. The van der Waals surface area contributed by atoms with Gasteiger partial charge in [0.1, 0.15) is 6.04 Å². The van der Waals surface area contributed by atoms with Crippen LogP contribution in [0.15, 0.2) is 0 Å². The normalized spacial score (nSPS) is 12.3. The van der Waals surface area contributed by atoms with Gasteiger partial charge >= 0.3 is 5.97 Å². The third-order valence-electron chi connectivity index (χ3n) is 4.51. The molecule has 0 bridgehead atoms. The molecule has 0 rings (SSSR count). The second-order valence-corrected chi connectivity index (χ2v) is 7.27. The van der Waals surface area contributed by atoms with Crippen molar-refractivity contribution in [1.82, 2.24) is 5.32 Å². The highest BCUT2D eigenvalue weighted by Gasteiger charge is 2.22. The number of carboxylic acid groups (broad SMARTS) is 1. The Morgan fingerprint density at radius 3 is 1.58 bits per heavy atom. The molecule has 0 aliphatic rings. The van der Waals surface area contributed by atoms with Gasteiger partial charge in [0.2, 0.25) is 5.91 Å². The van der Waals surface area contributed by atoms with E-state index >= 15 is 0 Å². The van der Waals surface area contributed by atoms with Crippen LogP contribution in [-0.4, -0.2) is 23.0 Å². The molecule has 142 valence electrons. The summed E-state index contributed by atoms with van der Waals surface area (Å²) in [5, 5.41) is 11.7. The van der Waals surface area contributed by atoms with Gasteiger partial charge in [0.05, 0.1) is 0 Å². The van der Waals surface area contributed by atoms with Crippen LogP contribution in [0.25, 0.3) is 0 Å². The average molecular weight is 342 g/mol. The van der Waals surface area contributed by atoms with E-state index in [1.807, 2.05) is 13.8 Å². The fraction of sp³-hybridized carbons (Fsp3) is 0.900. The molecule has 0 saturated carbocycles. The fourth-order valence-corrected chi connectivity index (χ4v) is 2.89. The van der Waals surface area contributed by atoms with Crippen molar-refractivity contribution in [2.45, 2.75) is 110 Å². The van der Waals surface area contributed by atoms with Crippen molar-refractivity contribution in [3.8, 4) is 0 Å². The number of amides is 1. The van der Waals surface area contributed by atoms with Gasteiger partial charge in [-0.2, -0.15) is 0 Å². The van der Waals surface area contributed by atoms with Crippen LogP contribution in [0, 0.1) is 5.92 Å². The topological polar surface area (TPSA) is 66.4 Å². The first-order valence-corrected chi connectivity index (χ1v) is 10.0. The zero-order valence-corrected chi connectivity index (χ0v) is 16.1.